The highest BCUT2D eigenvalue weighted by molar-refractivity contribution is 5.63. The summed E-state index contributed by atoms with van der Waals surface area (Å²) in [5, 5.41) is 6.01. The van der Waals surface area contributed by atoms with E-state index in [0.717, 1.165) is 0 Å². The maximum absolute atomic E-state index is 13.8. The van der Waals surface area contributed by atoms with Crippen molar-refractivity contribution in [3.05, 3.63) is 42.7 Å². The molecule has 0 aromatic carbocycles. The van der Waals surface area contributed by atoms with Crippen LogP contribution in [-0.4, -0.2) is 46.0 Å². The van der Waals surface area contributed by atoms with Crippen LogP contribution in [0.1, 0.15) is 0 Å². The Morgan fingerprint density at radius 1 is 1.22 bits per heavy atom. The van der Waals surface area contributed by atoms with Crippen molar-refractivity contribution in [3.8, 4) is 17.1 Å². The van der Waals surface area contributed by atoms with E-state index in [-0.39, 0.29) is 17.4 Å². The predicted molar refractivity (Wildman–Crippen MR) is 90.3 cm³/mol. The summed E-state index contributed by atoms with van der Waals surface area (Å²) in [6.45, 7) is 0.803. The van der Waals surface area contributed by atoms with Crippen LogP contribution < -0.4 is 15.4 Å². The Balaban J connectivity index is 1.61. The van der Waals surface area contributed by atoms with Crippen LogP contribution in [0.2, 0.25) is 0 Å². The van der Waals surface area contributed by atoms with Gasteiger partial charge < -0.3 is 15.4 Å². The number of hydrogen-bond acceptors (Lipinski definition) is 5. The molecule has 2 atom stereocenters. The van der Waals surface area contributed by atoms with Gasteiger partial charge in [-0.2, -0.15) is 0 Å². The van der Waals surface area contributed by atoms with Crippen LogP contribution in [0.25, 0.3) is 17.0 Å². The Bertz CT molecular complexity index is 958. The van der Waals surface area contributed by atoms with E-state index in [1.807, 2.05) is 0 Å². The van der Waals surface area contributed by atoms with Gasteiger partial charge in [-0.3, -0.25) is 4.40 Å². The van der Waals surface area contributed by atoms with Crippen LogP contribution in [0.4, 0.5) is 23.4 Å². The van der Waals surface area contributed by atoms with Crippen LogP contribution in [0.3, 0.4) is 0 Å². The lowest BCUT2D eigenvalue weighted by Crippen LogP contribution is -2.29. The topological polar surface area (TPSA) is 63.5 Å². The molecule has 4 heterocycles. The highest BCUT2D eigenvalue weighted by atomic mass is 19.4. The molecule has 1 aliphatic rings. The van der Waals surface area contributed by atoms with Crippen molar-refractivity contribution in [2.45, 2.75) is 18.6 Å². The molecule has 27 heavy (non-hydrogen) atoms. The van der Waals surface area contributed by atoms with E-state index in [9.17, 15) is 17.6 Å². The second kappa shape index (κ2) is 6.69. The highest BCUT2D eigenvalue weighted by Crippen LogP contribution is 2.26. The van der Waals surface area contributed by atoms with Gasteiger partial charge in [0.2, 0.25) is 0 Å². The fourth-order valence-corrected chi connectivity index (χ4v) is 2.98. The summed E-state index contributed by atoms with van der Waals surface area (Å²) >= 11 is 0. The summed E-state index contributed by atoms with van der Waals surface area (Å²) in [7, 11) is 0. The number of pyridine rings is 2. The van der Waals surface area contributed by atoms with Crippen LogP contribution in [0, 0.1) is 0 Å². The number of anilines is 1. The molecule has 2 N–H and O–H groups in total. The second-order valence-electron chi connectivity index (χ2n) is 6.12. The van der Waals surface area contributed by atoms with Crippen LogP contribution >= 0.6 is 0 Å². The molecule has 4 rings (SSSR count). The zero-order chi connectivity index (χ0) is 19.0. The number of imidazole rings is 1. The summed E-state index contributed by atoms with van der Waals surface area (Å²) in [5.74, 6) is 0.161. The van der Waals surface area contributed by atoms with Gasteiger partial charge in [-0.1, -0.05) is 6.07 Å². The van der Waals surface area contributed by atoms with E-state index >= 15 is 0 Å². The smallest absolute Gasteiger partial charge is 0.406 e. The summed E-state index contributed by atoms with van der Waals surface area (Å²) < 4.78 is 56.3. The lowest BCUT2D eigenvalue weighted by molar-refractivity contribution is -0.274. The summed E-state index contributed by atoms with van der Waals surface area (Å²) in [5.41, 5.74) is 1.43. The van der Waals surface area contributed by atoms with E-state index < -0.39 is 12.5 Å². The molecular formula is C17H15F4N5O. The first kappa shape index (κ1) is 17.5. The molecule has 0 saturated carbocycles. The Kier molecular flexibility index (Phi) is 4.34. The number of halogens is 4. The average Bonchev–Trinajstić information content (AvgIpc) is 3.20. The third-order valence-corrected chi connectivity index (χ3v) is 4.20. The Morgan fingerprint density at radius 3 is 2.81 bits per heavy atom. The molecular weight excluding hydrogens is 366 g/mol. The van der Waals surface area contributed by atoms with Gasteiger partial charge in [0.05, 0.1) is 23.6 Å². The molecule has 0 aliphatic carbocycles. The monoisotopic (exact) mass is 381 g/mol. The molecule has 1 aliphatic heterocycles. The van der Waals surface area contributed by atoms with Crippen LogP contribution in [0.15, 0.2) is 42.7 Å². The number of fused-ring (bicyclic) bond motifs is 1. The van der Waals surface area contributed by atoms with Gasteiger partial charge >= 0.3 is 6.36 Å². The molecule has 2 unspecified atom stereocenters. The van der Waals surface area contributed by atoms with Gasteiger partial charge in [0.15, 0.2) is 0 Å². The normalized spacial score (nSPS) is 20.1. The standard InChI is InChI=1S/C17H15F4N5O/c18-11-7-22-8-13(11)25-15-3-1-2-12(24-15)14-9-23-16-6-10(4-5-26(14)16)27-17(19,20)21/h1-6,9,11,13,22H,7-8H2,(H,24,25). The summed E-state index contributed by atoms with van der Waals surface area (Å²) in [6, 6.07) is 7.27. The largest absolute Gasteiger partial charge is 0.573 e. The number of hydrogen-bond donors (Lipinski definition) is 2. The van der Waals surface area contributed by atoms with Gasteiger partial charge in [-0.05, 0) is 18.2 Å². The second-order valence-corrected chi connectivity index (χ2v) is 6.12. The Labute approximate surface area is 151 Å². The number of nitrogens with zero attached hydrogens (tertiary/aromatic N) is 3. The summed E-state index contributed by atoms with van der Waals surface area (Å²) in [6.07, 6.45) is -2.83. The van der Waals surface area contributed by atoms with E-state index in [4.69, 9.17) is 0 Å². The minimum atomic E-state index is -4.77. The van der Waals surface area contributed by atoms with Crippen molar-refractivity contribution in [3.63, 3.8) is 0 Å². The molecule has 1 saturated heterocycles. The van der Waals surface area contributed by atoms with Crippen molar-refractivity contribution in [2.24, 2.45) is 0 Å². The minimum absolute atomic E-state index is 0.288. The van der Waals surface area contributed by atoms with Crippen molar-refractivity contribution < 1.29 is 22.3 Å². The number of alkyl halides is 4. The van der Waals surface area contributed by atoms with E-state index in [2.05, 4.69) is 25.3 Å². The molecule has 3 aromatic heterocycles. The first-order valence-corrected chi connectivity index (χ1v) is 8.21. The lowest BCUT2D eigenvalue weighted by Gasteiger charge is -2.15. The number of rotatable bonds is 4. The first-order chi connectivity index (χ1) is 12.9. The maximum atomic E-state index is 13.8. The van der Waals surface area contributed by atoms with Gasteiger partial charge in [0, 0.05) is 25.4 Å². The quantitative estimate of drug-likeness (QED) is 0.681. The van der Waals surface area contributed by atoms with Crippen molar-refractivity contribution in [1.29, 1.82) is 0 Å². The molecule has 0 radical (unpaired) electrons. The van der Waals surface area contributed by atoms with Gasteiger partial charge in [0.25, 0.3) is 0 Å². The Hall–Kier alpha value is -2.88. The van der Waals surface area contributed by atoms with Crippen LogP contribution in [-0.2, 0) is 0 Å². The van der Waals surface area contributed by atoms with E-state index in [1.165, 1.54) is 24.5 Å². The summed E-state index contributed by atoms with van der Waals surface area (Å²) in [4.78, 5) is 8.58. The zero-order valence-corrected chi connectivity index (χ0v) is 13.9. The number of aromatic nitrogens is 3. The molecule has 6 nitrogen and oxygen atoms in total. The van der Waals surface area contributed by atoms with Gasteiger partial charge in [-0.15, -0.1) is 13.2 Å². The molecule has 0 amide bonds. The van der Waals surface area contributed by atoms with Gasteiger partial charge in [-0.25, -0.2) is 14.4 Å². The van der Waals surface area contributed by atoms with Gasteiger partial charge in [0.1, 0.15) is 23.4 Å². The van der Waals surface area contributed by atoms with E-state index in [1.54, 1.807) is 22.6 Å². The Morgan fingerprint density at radius 2 is 2.07 bits per heavy atom. The molecule has 3 aromatic rings. The molecule has 0 bridgehead atoms. The highest BCUT2D eigenvalue weighted by Gasteiger charge is 2.31. The average molecular weight is 381 g/mol. The number of ether oxygens (including phenoxy) is 1. The number of nitrogens with one attached hydrogen (secondary N) is 2. The zero-order valence-electron chi connectivity index (χ0n) is 13.9. The maximum Gasteiger partial charge on any atom is 0.573 e. The third kappa shape index (κ3) is 3.80. The fourth-order valence-electron chi connectivity index (χ4n) is 2.98. The van der Waals surface area contributed by atoms with Crippen molar-refractivity contribution >= 4 is 11.5 Å². The SMILES string of the molecule is FC1CNCC1Nc1cccc(-c2cnc3cc(OC(F)(F)F)ccn23)n1. The van der Waals surface area contributed by atoms with Crippen LogP contribution in [0.5, 0.6) is 5.75 Å². The lowest BCUT2D eigenvalue weighted by atomic mass is 10.2. The van der Waals surface area contributed by atoms with Crippen molar-refractivity contribution in [1.82, 2.24) is 19.7 Å². The fraction of sp³-hybridized carbons (Fsp3) is 0.294. The molecule has 1 fully saturated rings. The van der Waals surface area contributed by atoms with Crippen molar-refractivity contribution in [2.75, 3.05) is 18.4 Å². The molecule has 10 heteroatoms. The third-order valence-electron chi connectivity index (χ3n) is 4.20. The van der Waals surface area contributed by atoms with E-state index in [0.29, 0.717) is 30.3 Å². The molecule has 142 valence electrons. The molecule has 0 spiro atoms. The minimum Gasteiger partial charge on any atom is -0.406 e. The predicted octanol–water partition coefficient (Wildman–Crippen LogP) is 3.02. The first-order valence-electron chi connectivity index (χ1n) is 8.21.